The lowest BCUT2D eigenvalue weighted by Crippen LogP contribution is -2.15. The minimum atomic E-state index is -4.04. The Balaban J connectivity index is 1.50. The Bertz CT molecular complexity index is 1360. The molecule has 0 atom stereocenters. The maximum absolute atomic E-state index is 13.0. The number of esters is 1. The molecule has 0 aliphatic carbocycles. The van der Waals surface area contributed by atoms with E-state index >= 15 is 0 Å². The van der Waals surface area contributed by atoms with Gasteiger partial charge in [-0.05, 0) is 48.7 Å². The fraction of sp³-hybridized carbons (Fsp3) is 0.136. The average Bonchev–Trinajstić information content (AvgIpc) is 3.50. The number of rotatable bonds is 8. The normalized spacial score (nSPS) is 11.2. The van der Waals surface area contributed by atoms with E-state index in [1.807, 2.05) is 23.8 Å². The number of hydrogen-bond acceptors (Lipinski definition) is 9. The molecule has 0 saturated heterocycles. The Kier molecular flexibility index (Phi) is 6.43. The van der Waals surface area contributed by atoms with Crippen LogP contribution in [0, 0.1) is 6.92 Å². The van der Waals surface area contributed by atoms with Gasteiger partial charge < -0.3 is 14.0 Å². The summed E-state index contributed by atoms with van der Waals surface area (Å²) >= 11 is 1.49. The zero-order chi connectivity index (χ0) is 23.4. The van der Waals surface area contributed by atoms with Crippen molar-refractivity contribution in [1.29, 1.82) is 0 Å². The monoisotopic (exact) mass is 485 g/mol. The Morgan fingerprint density at radius 2 is 1.94 bits per heavy atom. The van der Waals surface area contributed by atoms with Gasteiger partial charge in [-0.2, -0.15) is 16.3 Å². The molecule has 170 valence electrons. The summed E-state index contributed by atoms with van der Waals surface area (Å²) in [7, 11) is -2.69. The third kappa shape index (κ3) is 5.21. The number of aromatic nitrogens is 2. The molecule has 0 aliphatic rings. The van der Waals surface area contributed by atoms with Crippen molar-refractivity contribution in [2.75, 3.05) is 11.8 Å². The Morgan fingerprint density at radius 1 is 1.15 bits per heavy atom. The van der Waals surface area contributed by atoms with E-state index in [-0.39, 0.29) is 28.6 Å². The van der Waals surface area contributed by atoms with Crippen LogP contribution < -0.4 is 9.46 Å². The van der Waals surface area contributed by atoms with Crippen molar-refractivity contribution in [2.45, 2.75) is 18.4 Å². The molecule has 4 rings (SSSR count). The predicted molar refractivity (Wildman–Crippen MR) is 122 cm³/mol. The quantitative estimate of drug-likeness (QED) is 0.367. The summed E-state index contributed by atoms with van der Waals surface area (Å²) in [6.45, 7) is 1.66. The van der Waals surface area contributed by atoms with Crippen molar-refractivity contribution in [2.24, 2.45) is 0 Å². The molecule has 11 heteroatoms. The first-order valence-electron chi connectivity index (χ1n) is 9.65. The maximum atomic E-state index is 13.0. The van der Waals surface area contributed by atoms with E-state index in [4.69, 9.17) is 14.0 Å². The number of anilines is 1. The van der Waals surface area contributed by atoms with Gasteiger partial charge in [-0.15, -0.1) is 0 Å². The number of thiophene rings is 1. The number of ether oxygens (including phenoxy) is 2. The highest BCUT2D eigenvalue weighted by Gasteiger charge is 2.23. The zero-order valence-corrected chi connectivity index (χ0v) is 19.3. The molecule has 0 bridgehead atoms. The smallest absolute Gasteiger partial charge is 0.338 e. The van der Waals surface area contributed by atoms with Gasteiger partial charge >= 0.3 is 5.97 Å². The maximum Gasteiger partial charge on any atom is 0.338 e. The van der Waals surface area contributed by atoms with E-state index in [0.717, 1.165) is 11.1 Å². The molecule has 0 radical (unpaired) electrons. The number of nitrogens with zero attached hydrogens (tertiary/aromatic N) is 2. The van der Waals surface area contributed by atoms with Crippen LogP contribution in [0.25, 0.3) is 11.5 Å². The summed E-state index contributed by atoms with van der Waals surface area (Å²) < 4.78 is 44.0. The fourth-order valence-electron chi connectivity index (χ4n) is 2.87. The molecule has 4 aromatic rings. The van der Waals surface area contributed by atoms with Gasteiger partial charge in [0.2, 0.25) is 5.82 Å². The topological polar surface area (TPSA) is 121 Å². The first-order valence-corrected chi connectivity index (χ1v) is 12.1. The van der Waals surface area contributed by atoms with Crippen molar-refractivity contribution in [3.63, 3.8) is 0 Å². The van der Waals surface area contributed by atoms with Crippen LogP contribution in [0.1, 0.15) is 21.7 Å². The Hall–Kier alpha value is -3.70. The third-order valence-electron chi connectivity index (χ3n) is 4.56. The van der Waals surface area contributed by atoms with Gasteiger partial charge in [-0.1, -0.05) is 22.9 Å². The standard InChI is InChI=1S/C22H19N3O6S2/c1-14-3-6-17(7-4-14)25-33(27,28)19-11-15(5-8-18(19)29-2)22(26)30-12-20-23-21(31-24-20)16-9-10-32-13-16/h3-11,13,25H,12H2,1-2H3. The second kappa shape index (κ2) is 9.43. The zero-order valence-electron chi connectivity index (χ0n) is 17.6. The fourth-order valence-corrected chi connectivity index (χ4v) is 4.76. The van der Waals surface area contributed by atoms with Crippen molar-refractivity contribution in [1.82, 2.24) is 10.1 Å². The number of carbonyl (C=O) groups excluding carboxylic acids is 1. The third-order valence-corrected chi connectivity index (χ3v) is 6.65. The van der Waals surface area contributed by atoms with Crippen molar-refractivity contribution in [3.05, 3.63) is 76.2 Å². The molecule has 9 nitrogen and oxygen atoms in total. The summed E-state index contributed by atoms with van der Waals surface area (Å²) in [4.78, 5) is 16.6. The minimum absolute atomic E-state index is 0.0293. The minimum Gasteiger partial charge on any atom is -0.495 e. The number of sulfonamides is 1. The van der Waals surface area contributed by atoms with Gasteiger partial charge in [0.1, 0.15) is 10.6 Å². The molecule has 0 fully saturated rings. The Morgan fingerprint density at radius 3 is 2.64 bits per heavy atom. The largest absolute Gasteiger partial charge is 0.495 e. The van der Waals surface area contributed by atoms with E-state index in [1.165, 1.54) is 36.6 Å². The van der Waals surface area contributed by atoms with E-state index in [2.05, 4.69) is 14.9 Å². The van der Waals surface area contributed by atoms with Gasteiger partial charge in [-0.25, -0.2) is 13.2 Å². The van der Waals surface area contributed by atoms with Gasteiger partial charge in [0.05, 0.1) is 18.2 Å². The van der Waals surface area contributed by atoms with Crippen LogP contribution in [-0.2, 0) is 21.4 Å². The van der Waals surface area contributed by atoms with Crippen LogP contribution in [0.2, 0.25) is 0 Å². The van der Waals surface area contributed by atoms with Gasteiger partial charge in [0, 0.05) is 11.1 Å². The molecular formula is C22H19N3O6S2. The summed E-state index contributed by atoms with van der Waals surface area (Å²) in [5.74, 6) is -0.148. The molecule has 2 aromatic heterocycles. The lowest BCUT2D eigenvalue weighted by Gasteiger charge is -2.13. The average molecular weight is 486 g/mol. The summed E-state index contributed by atoms with van der Waals surface area (Å²) in [6.07, 6.45) is 0. The molecule has 2 aromatic carbocycles. The first-order chi connectivity index (χ1) is 15.9. The van der Waals surface area contributed by atoms with Gasteiger partial charge in [-0.3, -0.25) is 4.72 Å². The molecule has 0 aliphatic heterocycles. The van der Waals surface area contributed by atoms with Crippen molar-refractivity contribution < 1.29 is 27.2 Å². The number of nitrogens with one attached hydrogen (secondary N) is 1. The molecular weight excluding hydrogens is 466 g/mol. The molecule has 0 saturated carbocycles. The van der Waals surface area contributed by atoms with E-state index in [0.29, 0.717) is 11.6 Å². The number of aryl methyl sites for hydroxylation is 1. The van der Waals surface area contributed by atoms with Crippen LogP contribution in [0.15, 0.2) is 68.7 Å². The molecule has 0 spiro atoms. The van der Waals surface area contributed by atoms with Crippen molar-refractivity contribution >= 4 is 33.0 Å². The molecule has 2 heterocycles. The van der Waals surface area contributed by atoms with Crippen molar-refractivity contribution in [3.8, 4) is 17.2 Å². The number of carbonyl (C=O) groups is 1. The lowest BCUT2D eigenvalue weighted by molar-refractivity contribution is 0.0459. The molecule has 0 amide bonds. The lowest BCUT2D eigenvalue weighted by atomic mass is 10.2. The molecule has 1 N–H and O–H groups in total. The van der Waals surface area contributed by atoms with Crippen LogP contribution in [0.5, 0.6) is 5.75 Å². The van der Waals surface area contributed by atoms with E-state index < -0.39 is 16.0 Å². The van der Waals surface area contributed by atoms with Crippen LogP contribution in [0.3, 0.4) is 0 Å². The molecule has 33 heavy (non-hydrogen) atoms. The number of benzene rings is 2. The van der Waals surface area contributed by atoms with Crippen LogP contribution >= 0.6 is 11.3 Å². The number of hydrogen-bond donors (Lipinski definition) is 1. The summed E-state index contributed by atoms with van der Waals surface area (Å²) in [5, 5.41) is 7.52. The Labute approximate surface area is 194 Å². The number of methoxy groups -OCH3 is 1. The molecule has 0 unspecified atom stereocenters. The highest BCUT2D eigenvalue weighted by atomic mass is 32.2. The highest BCUT2D eigenvalue weighted by molar-refractivity contribution is 7.92. The van der Waals surface area contributed by atoms with E-state index in [9.17, 15) is 13.2 Å². The van der Waals surface area contributed by atoms with E-state index in [1.54, 1.807) is 24.3 Å². The predicted octanol–water partition coefficient (Wildman–Crippen LogP) is 4.27. The second-order valence-corrected chi connectivity index (χ2v) is 9.37. The first kappa shape index (κ1) is 22.5. The second-order valence-electron chi connectivity index (χ2n) is 6.94. The summed E-state index contributed by atoms with van der Waals surface area (Å²) in [6, 6.07) is 12.7. The summed E-state index contributed by atoms with van der Waals surface area (Å²) in [5.41, 5.74) is 2.18. The van der Waals surface area contributed by atoms with Crippen LogP contribution in [-0.4, -0.2) is 31.6 Å². The SMILES string of the molecule is COc1ccc(C(=O)OCc2noc(-c3ccsc3)n2)cc1S(=O)(=O)Nc1ccc(C)cc1. The van der Waals surface area contributed by atoms with Crippen LogP contribution in [0.4, 0.5) is 5.69 Å². The van der Waals surface area contributed by atoms with Gasteiger partial charge in [0.15, 0.2) is 6.61 Å². The highest BCUT2D eigenvalue weighted by Crippen LogP contribution is 2.28. The van der Waals surface area contributed by atoms with Gasteiger partial charge in [0.25, 0.3) is 15.9 Å².